The van der Waals surface area contributed by atoms with E-state index in [2.05, 4.69) is 15.3 Å². The van der Waals surface area contributed by atoms with E-state index < -0.39 is 11.0 Å². The largest absolute Gasteiger partial charge is 0.387 e. The van der Waals surface area contributed by atoms with Gasteiger partial charge in [0.15, 0.2) is 0 Å². The number of hydrogen-bond acceptors (Lipinski definition) is 6. The van der Waals surface area contributed by atoms with Gasteiger partial charge in [-0.1, -0.05) is 11.6 Å². The molecule has 1 aromatic heterocycles. The predicted octanol–water partition coefficient (Wildman–Crippen LogP) is 2.18. The van der Waals surface area contributed by atoms with E-state index in [1.165, 1.54) is 36.7 Å². The molecule has 0 fully saturated rings. The average Bonchev–Trinajstić information content (AvgIpc) is 2.45. The number of nitrogens with one attached hydrogen (secondary N) is 1. The van der Waals surface area contributed by atoms with Crippen LogP contribution in [0.4, 0.5) is 11.5 Å². The Kier molecular flexibility index (Phi) is 4.44. The minimum atomic E-state index is -0.823. The van der Waals surface area contributed by atoms with Crippen LogP contribution >= 0.6 is 11.6 Å². The Morgan fingerprint density at radius 2 is 2.05 bits per heavy atom. The van der Waals surface area contributed by atoms with Gasteiger partial charge >= 0.3 is 0 Å². The molecule has 0 unspecified atom stereocenters. The number of hydrogen-bond donors (Lipinski definition) is 2. The molecule has 0 saturated heterocycles. The van der Waals surface area contributed by atoms with Gasteiger partial charge in [-0.15, -0.1) is 0 Å². The molecule has 8 heteroatoms. The zero-order chi connectivity index (χ0) is 14.5. The lowest BCUT2D eigenvalue weighted by molar-refractivity contribution is -0.384. The maximum atomic E-state index is 10.5. The lowest BCUT2D eigenvalue weighted by Crippen LogP contribution is -2.13. The normalized spacial score (nSPS) is 11.9. The standard InChI is InChI=1S/C12H11ClN4O3/c13-11-6-14-7-12(16-11)15-5-10(18)8-1-3-9(4-2-8)17(19)20/h1-4,6-7,10,18H,5H2,(H,15,16)/t10-/m1/s1. The molecule has 0 spiro atoms. The van der Waals surface area contributed by atoms with Crippen LogP contribution in [0.15, 0.2) is 36.7 Å². The molecule has 0 aliphatic rings. The van der Waals surface area contributed by atoms with E-state index in [0.29, 0.717) is 11.4 Å². The number of nitrogens with zero attached hydrogens (tertiary/aromatic N) is 3. The summed E-state index contributed by atoms with van der Waals surface area (Å²) in [5.41, 5.74) is 0.549. The fourth-order valence-corrected chi connectivity index (χ4v) is 1.71. The maximum absolute atomic E-state index is 10.5. The van der Waals surface area contributed by atoms with Crippen LogP contribution in [0.2, 0.25) is 5.15 Å². The fourth-order valence-electron chi connectivity index (χ4n) is 1.56. The number of benzene rings is 1. The zero-order valence-corrected chi connectivity index (χ0v) is 11.0. The van der Waals surface area contributed by atoms with Gasteiger partial charge < -0.3 is 10.4 Å². The van der Waals surface area contributed by atoms with Crippen molar-refractivity contribution in [3.63, 3.8) is 0 Å². The topological polar surface area (TPSA) is 101 Å². The first kappa shape index (κ1) is 14.2. The van der Waals surface area contributed by atoms with Gasteiger partial charge in [0.2, 0.25) is 0 Å². The van der Waals surface area contributed by atoms with Crippen molar-refractivity contribution in [1.82, 2.24) is 9.97 Å². The number of aliphatic hydroxyl groups is 1. The third kappa shape index (κ3) is 3.62. The molecule has 0 aliphatic heterocycles. The van der Waals surface area contributed by atoms with Crippen LogP contribution in [0.1, 0.15) is 11.7 Å². The molecule has 0 radical (unpaired) electrons. The smallest absolute Gasteiger partial charge is 0.269 e. The van der Waals surface area contributed by atoms with Crippen molar-refractivity contribution in [2.75, 3.05) is 11.9 Å². The van der Waals surface area contributed by atoms with Crippen LogP contribution < -0.4 is 5.32 Å². The van der Waals surface area contributed by atoms with Crippen LogP contribution in [0.25, 0.3) is 0 Å². The Bertz CT molecular complexity index is 606. The summed E-state index contributed by atoms with van der Waals surface area (Å²) in [6.45, 7) is 0.187. The van der Waals surface area contributed by atoms with E-state index in [1.54, 1.807) is 0 Å². The number of non-ortho nitro benzene ring substituents is 1. The van der Waals surface area contributed by atoms with Crippen molar-refractivity contribution >= 4 is 23.1 Å². The third-order valence-electron chi connectivity index (χ3n) is 2.57. The highest BCUT2D eigenvalue weighted by Crippen LogP contribution is 2.18. The molecule has 2 rings (SSSR count). The molecule has 0 aliphatic carbocycles. The summed E-state index contributed by atoms with van der Waals surface area (Å²) in [6.07, 6.45) is 2.06. The van der Waals surface area contributed by atoms with Crippen molar-refractivity contribution in [3.05, 3.63) is 57.5 Å². The molecule has 2 N–H and O–H groups in total. The molecule has 0 amide bonds. The number of nitro benzene ring substituents is 1. The second-order valence-corrected chi connectivity index (χ2v) is 4.36. The highest BCUT2D eigenvalue weighted by Gasteiger charge is 2.10. The summed E-state index contributed by atoms with van der Waals surface area (Å²) in [7, 11) is 0. The summed E-state index contributed by atoms with van der Waals surface area (Å²) in [5, 5.41) is 23.6. The summed E-state index contributed by atoms with van der Waals surface area (Å²) >= 11 is 5.68. The van der Waals surface area contributed by atoms with Gasteiger partial charge in [0.25, 0.3) is 5.69 Å². The second-order valence-electron chi connectivity index (χ2n) is 3.97. The lowest BCUT2D eigenvalue weighted by atomic mass is 10.1. The predicted molar refractivity (Wildman–Crippen MR) is 73.6 cm³/mol. The Morgan fingerprint density at radius 3 is 2.65 bits per heavy atom. The van der Waals surface area contributed by atoms with Crippen molar-refractivity contribution in [2.24, 2.45) is 0 Å². The average molecular weight is 295 g/mol. The summed E-state index contributed by atoms with van der Waals surface area (Å²) in [4.78, 5) is 17.9. The molecule has 1 aromatic carbocycles. The molecule has 20 heavy (non-hydrogen) atoms. The second kappa shape index (κ2) is 6.27. The van der Waals surface area contributed by atoms with Crippen LogP contribution in [0.3, 0.4) is 0 Å². The SMILES string of the molecule is O=[N+]([O-])c1ccc([C@H](O)CNc2cncc(Cl)n2)cc1. The third-order valence-corrected chi connectivity index (χ3v) is 2.75. The first-order valence-corrected chi connectivity index (χ1v) is 6.08. The van der Waals surface area contributed by atoms with Crippen molar-refractivity contribution in [3.8, 4) is 0 Å². The number of aliphatic hydroxyl groups excluding tert-OH is 1. The monoisotopic (exact) mass is 294 g/mol. The molecule has 0 bridgehead atoms. The van der Waals surface area contributed by atoms with E-state index in [0.717, 1.165) is 0 Å². The Labute approximate surface area is 119 Å². The van der Waals surface area contributed by atoms with Crippen LogP contribution in [-0.2, 0) is 0 Å². The van der Waals surface area contributed by atoms with Gasteiger partial charge in [-0.25, -0.2) is 4.98 Å². The molecule has 7 nitrogen and oxygen atoms in total. The quantitative estimate of drug-likeness (QED) is 0.647. The number of rotatable bonds is 5. The van der Waals surface area contributed by atoms with Gasteiger partial charge in [-0.3, -0.25) is 15.1 Å². The number of nitro groups is 1. The minimum Gasteiger partial charge on any atom is -0.387 e. The molecular formula is C12H11ClN4O3. The molecule has 1 atom stereocenters. The molecular weight excluding hydrogens is 284 g/mol. The van der Waals surface area contributed by atoms with Crippen molar-refractivity contribution < 1.29 is 10.0 Å². The van der Waals surface area contributed by atoms with Crippen LogP contribution in [-0.4, -0.2) is 26.5 Å². The Hall–Kier alpha value is -2.25. The maximum Gasteiger partial charge on any atom is 0.269 e. The van der Waals surface area contributed by atoms with Gasteiger partial charge in [0.05, 0.1) is 23.4 Å². The molecule has 0 saturated carbocycles. The van der Waals surface area contributed by atoms with Crippen molar-refractivity contribution in [2.45, 2.75) is 6.10 Å². The van der Waals surface area contributed by atoms with E-state index in [-0.39, 0.29) is 17.4 Å². The number of aromatic nitrogens is 2. The number of halogens is 1. The highest BCUT2D eigenvalue weighted by molar-refractivity contribution is 6.29. The van der Waals surface area contributed by atoms with Gasteiger partial charge in [0.1, 0.15) is 11.0 Å². The summed E-state index contributed by atoms with van der Waals surface area (Å²) in [6, 6.07) is 5.71. The first-order valence-electron chi connectivity index (χ1n) is 5.70. The van der Waals surface area contributed by atoms with Gasteiger partial charge in [-0.05, 0) is 17.7 Å². The zero-order valence-electron chi connectivity index (χ0n) is 10.2. The Balaban J connectivity index is 1.97. The molecule has 2 aromatic rings. The van der Waals surface area contributed by atoms with Gasteiger partial charge in [-0.2, -0.15) is 0 Å². The summed E-state index contributed by atoms with van der Waals surface area (Å²) < 4.78 is 0. The van der Waals surface area contributed by atoms with Crippen LogP contribution in [0, 0.1) is 10.1 Å². The molecule has 104 valence electrons. The summed E-state index contributed by atoms with van der Waals surface area (Å²) in [5.74, 6) is 0.443. The van der Waals surface area contributed by atoms with Gasteiger partial charge in [0, 0.05) is 18.7 Å². The molecule has 1 heterocycles. The van der Waals surface area contributed by atoms with E-state index in [1.807, 2.05) is 0 Å². The van der Waals surface area contributed by atoms with Crippen molar-refractivity contribution in [1.29, 1.82) is 0 Å². The van der Waals surface area contributed by atoms with E-state index in [9.17, 15) is 15.2 Å². The highest BCUT2D eigenvalue weighted by atomic mass is 35.5. The van der Waals surface area contributed by atoms with E-state index in [4.69, 9.17) is 11.6 Å². The minimum absolute atomic E-state index is 0.0189. The lowest BCUT2D eigenvalue weighted by Gasteiger charge is -2.12. The Morgan fingerprint density at radius 1 is 1.35 bits per heavy atom. The first-order chi connectivity index (χ1) is 9.56. The fraction of sp³-hybridized carbons (Fsp3) is 0.167. The van der Waals surface area contributed by atoms with Crippen LogP contribution in [0.5, 0.6) is 0 Å². The van der Waals surface area contributed by atoms with E-state index >= 15 is 0 Å². The number of anilines is 1.